The van der Waals surface area contributed by atoms with Gasteiger partial charge >= 0.3 is 0 Å². The summed E-state index contributed by atoms with van der Waals surface area (Å²) in [6.45, 7) is 8.97. The van der Waals surface area contributed by atoms with Gasteiger partial charge in [-0.1, -0.05) is 31.5 Å². The van der Waals surface area contributed by atoms with E-state index in [0.717, 1.165) is 18.1 Å². The van der Waals surface area contributed by atoms with Crippen molar-refractivity contribution in [3.63, 3.8) is 0 Å². The zero-order valence-electron chi connectivity index (χ0n) is 11.8. The summed E-state index contributed by atoms with van der Waals surface area (Å²) >= 11 is 6.43. The quantitative estimate of drug-likeness (QED) is 0.894. The second-order valence-corrected chi connectivity index (χ2v) is 6.46. The van der Waals surface area contributed by atoms with Gasteiger partial charge in [-0.15, -0.1) is 0 Å². The maximum Gasteiger partial charge on any atom is 0.0642 e. The molecule has 100 valence electrons. The highest BCUT2D eigenvalue weighted by Gasteiger charge is 2.30. The second-order valence-electron chi connectivity index (χ2n) is 6.06. The molecule has 3 heteroatoms. The SMILES string of the molecule is CNC(C)c1ccc(N2CCC(C)(C)C2)c(Cl)c1. The summed E-state index contributed by atoms with van der Waals surface area (Å²) in [5.74, 6) is 0. The van der Waals surface area contributed by atoms with Crippen molar-refractivity contribution in [1.82, 2.24) is 5.32 Å². The van der Waals surface area contributed by atoms with Gasteiger partial charge in [0.15, 0.2) is 0 Å². The summed E-state index contributed by atoms with van der Waals surface area (Å²) < 4.78 is 0. The highest BCUT2D eigenvalue weighted by molar-refractivity contribution is 6.33. The Morgan fingerprint density at radius 2 is 2.11 bits per heavy atom. The van der Waals surface area contributed by atoms with Gasteiger partial charge < -0.3 is 10.2 Å². The molecule has 2 nitrogen and oxygen atoms in total. The molecule has 0 saturated carbocycles. The van der Waals surface area contributed by atoms with Crippen molar-refractivity contribution in [3.05, 3.63) is 28.8 Å². The maximum atomic E-state index is 6.43. The van der Waals surface area contributed by atoms with Gasteiger partial charge in [0.2, 0.25) is 0 Å². The number of nitrogens with one attached hydrogen (secondary N) is 1. The molecule has 1 unspecified atom stereocenters. The van der Waals surface area contributed by atoms with Gasteiger partial charge in [-0.25, -0.2) is 0 Å². The Morgan fingerprint density at radius 1 is 1.39 bits per heavy atom. The van der Waals surface area contributed by atoms with Gasteiger partial charge in [0, 0.05) is 19.1 Å². The van der Waals surface area contributed by atoms with Gasteiger partial charge in [-0.05, 0) is 43.5 Å². The Balaban J connectivity index is 2.20. The molecule has 1 fully saturated rings. The molecule has 1 saturated heterocycles. The van der Waals surface area contributed by atoms with Crippen LogP contribution in [0.3, 0.4) is 0 Å². The van der Waals surface area contributed by atoms with Crippen molar-refractivity contribution in [2.45, 2.75) is 33.2 Å². The van der Waals surface area contributed by atoms with Gasteiger partial charge in [-0.2, -0.15) is 0 Å². The molecule has 18 heavy (non-hydrogen) atoms. The van der Waals surface area contributed by atoms with E-state index in [4.69, 9.17) is 11.6 Å². The van der Waals surface area contributed by atoms with E-state index in [1.807, 2.05) is 7.05 Å². The van der Waals surface area contributed by atoms with Crippen molar-refractivity contribution in [2.24, 2.45) is 5.41 Å². The monoisotopic (exact) mass is 266 g/mol. The van der Waals surface area contributed by atoms with Gasteiger partial charge in [0.1, 0.15) is 0 Å². The third kappa shape index (κ3) is 2.81. The first-order valence-corrected chi connectivity index (χ1v) is 7.02. The van der Waals surface area contributed by atoms with Crippen LogP contribution in [0.5, 0.6) is 0 Å². The van der Waals surface area contributed by atoms with Gasteiger partial charge in [0.05, 0.1) is 10.7 Å². The smallest absolute Gasteiger partial charge is 0.0642 e. The summed E-state index contributed by atoms with van der Waals surface area (Å²) in [5.41, 5.74) is 2.82. The van der Waals surface area contributed by atoms with E-state index in [1.165, 1.54) is 17.7 Å². The minimum absolute atomic E-state index is 0.339. The van der Waals surface area contributed by atoms with E-state index in [1.54, 1.807) is 0 Å². The van der Waals surface area contributed by atoms with E-state index in [9.17, 15) is 0 Å². The predicted octanol–water partition coefficient (Wildman–Crippen LogP) is 3.86. The molecular weight excluding hydrogens is 244 g/mol. The van der Waals surface area contributed by atoms with Crippen LogP contribution in [0.15, 0.2) is 18.2 Å². The summed E-state index contributed by atoms with van der Waals surface area (Å²) in [4.78, 5) is 2.40. The minimum atomic E-state index is 0.339. The summed E-state index contributed by atoms with van der Waals surface area (Å²) in [6, 6.07) is 6.76. The fourth-order valence-electron chi connectivity index (χ4n) is 2.53. The molecule has 1 aromatic carbocycles. The number of hydrogen-bond acceptors (Lipinski definition) is 2. The molecule has 0 aliphatic carbocycles. The molecule has 0 amide bonds. The van der Waals surface area contributed by atoms with Crippen LogP contribution in [0.25, 0.3) is 0 Å². The van der Waals surface area contributed by atoms with Crippen LogP contribution < -0.4 is 10.2 Å². The van der Waals surface area contributed by atoms with Crippen LogP contribution in [0.1, 0.15) is 38.8 Å². The molecule has 1 N–H and O–H groups in total. The van der Waals surface area contributed by atoms with E-state index in [2.05, 4.69) is 49.2 Å². The molecule has 1 heterocycles. The molecular formula is C15H23ClN2. The van der Waals surface area contributed by atoms with Crippen LogP contribution in [0, 0.1) is 5.41 Å². The molecule has 0 bridgehead atoms. The van der Waals surface area contributed by atoms with Crippen molar-refractivity contribution >= 4 is 17.3 Å². The first kappa shape index (κ1) is 13.7. The van der Waals surface area contributed by atoms with Gasteiger partial charge in [0.25, 0.3) is 0 Å². The molecule has 1 aliphatic rings. The van der Waals surface area contributed by atoms with Crippen molar-refractivity contribution in [3.8, 4) is 0 Å². The molecule has 0 aromatic heterocycles. The molecule has 1 aromatic rings. The number of halogens is 1. The second kappa shape index (κ2) is 5.10. The highest BCUT2D eigenvalue weighted by atomic mass is 35.5. The van der Waals surface area contributed by atoms with Crippen molar-refractivity contribution in [1.29, 1.82) is 0 Å². The zero-order chi connectivity index (χ0) is 13.3. The number of hydrogen-bond donors (Lipinski definition) is 1. The molecule has 0 spiro atoms. The third-order valence-corrected chi connectivity index (χ3v) is 4.23. The topological polar surface area (TPSA) is 15.3 Å². The van der Waals surface area contributed by atoms with Crippen LogP contribution >= 0.6 is 11.6 Å². The van der Waals surface area contributed by atoms with Crippen LogP contribution in [-0.2, 0) is 0 Å². The largest absolute Gasteiger partial charge is 0.370 e. The zero-order valence-corrected chi connectivity index (χ0v) is 12.5. The van der Waals surface area contributed by atoms with E-state index < -0.39 is 0 Å². The number of anilines is 1. The minimum Gasteiger partial charge on any atom is -0.370 e. The average molecular weight is 267 g/mol. The van der Waals surface area contributed by atoms with Gasteiger partial charge in [-0.3, -0.25) is 0 Å². The number of nitrogens with zero attached hydrogens (tertiary/aromatic N) is 1. The summed E-state index contributed by atoms with van der Waals surface area (Å²) in [5, 5.41) is 4.11. The lowest BCUT2D eigenvalue weighted by Crippen LogP contribution is -2.23. The normalized spacial score (nSPS) is 20.2. The third-order valence-electron chi connectivity index (χ3n) is 3.92. The van der Waals surface area contributed by atoms with Crippen LogP contribution in [0.2, 0.25) is 5.02 Å². The lowest BCUT2D eigenvalue weighted by molar-refractivity contribution is 0.418. The first-order valence-electron chi connectivity index (χ1n) is 6.64. The molecule has 2 rings (SSSR count). The maximum absolute atomic E-state index is 6.43. The van der Waals surface area contributed by atoms with Crippen molar-refractivity contribution in [2.75, 3.05) is 25.0 Å². The van der Waals surface area contributed by atoms with Crippen molar-refractivity contribution < 1.29 is 0 Å². The van der Waals surface area contributed by atoms with Crippen LogP contribution in [-0.4, -0.2) is 20.1 Å². The van der Waals surface area contributed by atoms with E-state index in [-0.39, 0.29) is 0 Å². The Labute approximate surface area is 115 Å². The first-order chi connectivity index (χ1) is 8.43. The highest BCUT2D eigenvalue weighted by Crippen LogP contribution is 2.36. The fraction of sp³-hybridized carbons (Fsp3) is 0.600. The van der Waals surface area contributed by atoms with Crippen LogP contribution in [0.4, 0.5) is 5.69 Å². The Hall–Kier alpha value is -0.730. The lowest BCUT2D eigenvalue weighted by Gasteiger charge is -2.23. The molecule has 0 radical (unpaired) electrons. The number of benzene rings is 1. The predicted molar refractivity (Wildman–Crippen MR) is 79.5 cm³/mol. The summed E-state index contributed by atoms with van der Waals surface area (Å²) in [7, 11) is 1.97. The molecule has 1 atom stereocenters. The Morgan fingerprint density at radius 3 is 2.61 bits per heavy atom. The Kier molecular flexibility index (Phi) is 3.88. The fourth-order valence-corrected chi connectivity index (χ4v) is 2.84. The standard InChI is InChI=1S/C15H23ClN2/c1-11(17-4)12-5-6-14(13(16)9-12)18-8-7-15(2,3)10-18/h5-6,9,11,17H,7-8,10H2,1-4H3. The lowest BCUT2D eigenvalue weighted by atomic mass is 9.93. The Bertz CT molecular complexity index is 429. The number of rotatable bonds is 3. The summed E-state index contributed by atoms with van der Waals surface area (Å²) in [6.07, 6.45) is 1.23. The average Bonchev–Trinajstić information content (AvgIpc) is 2.68. The van der Waals surface area contributed by atoms with E-state index >= 15 is 0 Å². The molecule has 1 aliphatic heterocycles. The van der Waals surface area contributed by atoms with E-state index in [0.29, 0.717) is 11.5 Å².